The van der Waals surface area contributed by atoms with Gasteiger partial charge in [0.25, 0.3) is 0 Å². The maximum Gasteiger partial charge on any atom is 0.249 e. The molecule has 2 amide bonds. The molecular formula is C20H23Cl2N3O2. The van der Waals surface area contributed by atoms with Crippen molar-refractivity contribution in [2.24, 2.45) is 5.73 Å². The van der Waals surface area contributed by atoms with Gasteiger partial charge in [0.15, 0.2) is 0 Å². The lowest BCUT2D eigenvalue weighted by Gasteiger charge is -2.33. The van der Waals surface area contributed by atoms with Gasteiger partial charge in [0, 0.05) is 19.0 Å². The smallest absolute Gasteiger partial charge is 0.249 e. The number of nitrogens with one attached hydrogen (secondary N) is 1. The molecule has 0 aromatic heterocycles. The largest absolute Gasteiger partial charge is 0.344 e. The first-order chi connectivity index (χ1) is 12.6. The van der Waals surface area contributed by atoms with Crippen molar-refractivity contribution in [3.8, 4) is 0 Å². The first-order valence-corrected chi connectivity index (χ1v) is 9.10. The number of benzene rings is 2. The van der Waals surface area contributed by atoms with Crippen molar-refractivity contribution in [3.05, 3.63) is 65.2 Å². The lowest BCUT2D eigenvalue weighted by molar-refractivity contribution is -0.128. The average Bonchev–Trinajstić information content (AvgIpc) is 2.65. The number of para-hydroxylation sites is 1. The van der Waals surface area contributed by atoms with Gasteiger partial charge >= 0.3 is 0 Å². The molecule has 1 aliphatic heterocycles. The van der Waals surface area contributed by atoms with Crippen LogP contribution in [0.5, 0.6) is 0 Å². The van der Waals surface area contributed by atoms with Gasteiger partial charge in [-0.15, -0.1) is 12.4 Å². The number of nitrogens with zero attached hydrogens (tertiary/aromatic N) is 1. The zero-order valence-electron chi connectivity index (χ0n) is 14.8. The summed E-state index contributed by atoms with van der Waals surface area (Å²) in [5.41, 5.74) is 7.68. The van der Waals surface area contributed by atoms with Crippen LogP contribution in [0.25, 0.3) is 0 Å². The van der Waals surface area contributed by atoms with Crippen LogP contribution in [-0.2, 0) is 9.59 Å². The summed E-state index contributed by atoms with van der Waals surface area (Å²) in [7, 11) is 0. The van der Waals surface area contributed by atoms with Crippen LogP contribution in [0, 0.1) is 0 Å². The number of hydrogen-bond acceptors (Lipinski definition) is 3. The highest BCUT2D eigenvalue weighted by molar-refractivity contribution is 6.33. The van der Waals surface area contributed by atoms with Gasteiger partial charge in [0.1, 0.15) is 6.04 Å². The minimum absolute atomic E-state index is 0. The second-order valence-corrected chi connectivity index (χ2v) is 6.83. The van der Waals surface area contributed by atoms with Gasteiger partial charge in [0.2, 0.25) is 11.8 Å². The molecule has 0 aliphatic carbocycles. The van der Waals surface area contributed by atoms with Crippen LogP contribution in [0.15, 0.2) is 54.6 Å². The third-order valence-electron chi connectivity index (χ3n) is 4.55. The molecule has 0 saturated carbocycles. The van der Waals surface area contributed by atoms with Gasteiger partial charge in [-0.05, 0) is 30.5 Å². The van der Waals surface area contributed by atoms with Gasteiger partial charge in [0.05, 0.1) is 10.7 Å². The Bertz CT molecular complexity index is 786. The number of halogens is 2. The number of nitrogens with two attached hydrogens (primary N) is 1. The van der Waals surface area contributed by atoms with Crippen LogP contribution in [0.2, 0.25) is 5.02 Å². The summed E-state index contributed by atoms with van der Waals surface area (Å²) in [6.45, 7) is 0.596. The van der Waals surface area contributed by atoms with Crippen molar-refractivity contribution in [1.82, 2.24) is 5.32 Å². The van der Waals surface area contributed by atoms with E-state index in [0.29, 0.717) is 23.7 Å². The van der Waals surface area contributed by atoms with Crippen LogP contribution in [0.1, 0.15) is 30.9 Å². The van der Waals surface area contributed by atoms with Gasteiger partial charge in [-0.2, -0.15) is 0 Å². The number of amides is 2. The molecule has 1 saturated heterocycles. The maximum atomic E-state index is 12.8. The molecule has 1 fully saturated rings. The molecule has 144 valence electrons. The van der Waals surface area contributed by atoms with E-state index in [1.165, 1.54) is 0 Å². The molecule has 27 heavy (non-hydrogen) atoms. The summed E-state index contributed by atoms with van der Waals surface area (Å²) in [4.78, 5) is 26.8. The fourth-order valence-corrected chi connectivity index (χ4v) is 3.43. The molecule has 1 heterocycles. The number of carbonyl (C=O) groups is 2. The third kappa shape index (κ3) is 5.22. The normalized spacial score (nSPS) is 17.8. The standard InChI is InChI=1S/C20H22ClN3O2.ClH/c21-15-9-4-5-11-18(15)24-12-6-10-17(20(24)26)23-19(25)13-16(22)14-7-2-1-3-8-14;/h1-5,7-9,11,16-17H,6,10,12-13,22H2,(H,23,25);1H. The van der Waals surface area contributed by atoms with Crippen LogP contribution < -0.4 is 16.0 Å². The second kappa shape index (κ2) is 9.74. The monoisotopic (exact) mass is 407 g/mol. The molecule has 1 aliphatic rings. The van der Waals surface area contributed by atoms with Gasteiger partial charge in [-0.25, -0.2) is 0 Å². The molecule has 0 bridgehead atoms. The molecule has 5 nitrogen and oxygen atoms in total. The minimum Gasteiger partial charge on any atom is -0.344 e. The molecule has 2 atom stereocenters. The molecule has 3 N–H and O–H groups in total. The van der Waals surface area contributed by atoms with E-state index in [-0.39, 0.29) is 30.6 Å². The average molecular weight is 408 g/mol. The quantitative estimate of drug-likeness (QED) is 0.796. The predicted octanol–water partition coefficient (Wildman–Crippen LogP) is 3.46. The SMILES string of the molecule is Cl.NC(CC(=O)NC1CCCN(c2ccccc2Cl)C1=O)c1ccccc1. The third-order valence-corrected chi connectivity index (χ3v) is 4.87. The van der Waals surface area contributed by atoms with E-state index >= 15 is 0 Å². The highest BCUT2D eigenvalue weighted by atomic mass is 35.5. The lowest BCUT2D eigenvalue weighted by Crippen LogP contribution is -2.52. The Hall–Kier alpha value is -2.08. The van der Waals surface area contributed by atoms with Crippen molar-refractivity contribution in [2.75, 3.05) is 11.4 Å². The molecule has 0 radical (unpaired) electrons. The fourth-order valence-electron chi connectivity index (χ4n) is 3.19. The van der Waals surface area contributed by atoms with Gasteiger partial charge in [-0.1, -0.05) is 54.1 Å². The lowest BCUT2D eigenvalue weighted by atomic mass is 10.0. The highest BCUT2D eigenvalue weighted by Gasteiger charge is 2.31. The van der Waals surface area contributed by atoms with Crippen molar-refractivity contribution in [2.45, 2.75) is 31.3 Å². The fraction of sp³-hybridized carbons (Fsp3) is 0.300. The first-order valence-electron chi connectivity index (χ1n) is 8.72. The summed E-state index contributed by atoms with van der Waals surface area (Å²) >= 11 is 6.22. The zero-order chi connectivity index (χ0) is 18.5. The molecule has 3 rings (SSSR count). The molecule has 2 aromatic carbocycles. The maximum absolute atomic E-state index is 12.8. The van der Waals surface area contributed by atoms with E-state index in [2.05, 4.69) is 5.32 Å². The molecule has 2 unspecified atom stereocenters. The number of hydrogen-bond donors (Lipinski definition) is 2. The first kappa shape index (κ1) is 21.2. The predicted molar refractivity (Wildman–Crippen MR) is 110 cm³/mol. The Labute approximate surface area is 170 Å². The Balaban J connectivity index is 0.00000261. The topological polar surface area (TPSA) is 75.4 Å². The van der Waals surface area contributed by atoms with Crippen molar-refractivity contribution >= 4 is 41.5 Å². The summed E-state index contributed by atoms with van der Waals surface area (Å²) in [5, 5.41) is 3.36. The zero-order valence-corrected chi connectivity index (χ0v) is 16.4. The minimum atomic E-state index is -0.546. The van der Waals surface area contributed by atoms with E-state index in [1.807, 2.05) is 48.5 Å². The van der Waals surface area contributed by atoms with Crippen LogP contribution in [-0.4, -0.2) is 24.4 Å². The number of carbonyl (C=O) groups excluding carboxylic acids is 2. The van der Waals surface area contributed by atoms with E-state index < -0.39 is 12.1 Å². The van der Waals surface area contributed by atoms with E-state index in [1.54, 1.807) is 11.0 Å². The van der Waals surface area contributed by atoms with E-state index in [9.17, 15) is 9.59 Å². The van der Waals surface area contributed by atoms with Crippen molar-refractivity contribution in [1.29, 1.82) is 0 Å². The van der Waals surface area contributed by atoms with Crippen LogP contribution in [0.3, 0.4) is 0 Å². The summed E-state index contributed by atoms with van der Waals surface area (Å²) in [6, 6.07) is 15.8. The number of anilines is 1. The molecular weight excluding hydrogens is 385 g/mol. The Morgan fingerprint density at radius 2 is 1.85 bits per heavy atom. The summed E-state index contributed by atoms with van der Waals surface area (Å²) in [6.07, 6.45) is 1.55. The summed E-state index contributed by atoms with van der Waals surface area (Å²) < 4.78 is 0. The molecule has 7 heteroatoms. The summed E-state index contributed by atoms with van der Waals surface area (Å²) in [5.74, 6) is -0.355. The van der Waals surface area contributed by atoms with E-state index in [4.69, 9.17) is 17.3 Å². The second-order valence-electron chi connectivity index (χ2n) is 6.42. The Morgan fingerprint density at radius 3 is 2.56 bits per heavy atom. The highest BCUT2D eigenvalue weighted by Crippen LogP contribution is 2.28. The number of rotatable bonds is 5. The Morgan fingerprint density at radius 1 is 1.19 bits per heavy atom. The van der Waals surface area contributed by atoms with Crippen molar-refractivity contribution < 1.29 is 9.59 Å². The van der Waals surface area contributed by atoms with Gasteiger partial charge < -0.3 is 16.0 Å². The molecule has 0 spiro atoms. The van der Waals surface area contributed by atoms with Crippen molar-refractivity contribution in [3.63, 3.8) is 0 Å². The van der Waals surface area contributed by atoms with Gasteiger partial charge in [-0.3, -0.25) is 9.59 Å². The van der Waals surface area contributed by atoms with Crippen LogP contribution >= 0.6 is 24.0 Å². The number of piperidine rings is 1. The van der Waals surface area contributed by atoms with E-state index in [0.717, 1.165) is 12.0 Å². The Kier molecular flexibility index (Phi) is 7.66. The van der Waals surface area contributed by atoms with Crippen LogP contribution in [0.4, 0.5) is 5.69 Å². The molecule has 2 aromatic rings.